The third kappa shape index (κ3) is 3.79. The Hall–Kier alpha value is -1.84. The predicted molar refractivity (Wildman–Crippen MR) is 101 cm³/mol. The fraction of sp³-hybridized carbons (Fsp3) is 0.647. The Kier molecular flexibility index (Phi) is 5.28. The summed E-state index contributed by atoms with van der Waals surface area (Å²) in [6.07, 6.45) is 2.11. The van der Waals surface area contributed by atoms with Gasteiger partial charge in [-0.05, 0) is 26.3 Å². The molecule has 0 spiro atoms. The Bertz CT molecular complexity index is 719. The van der Waals surface area contributed by atoms with Gasteiger partial charge in [-0.25, -0.2) is 4.98 Å². The molecule has 0 bridgehead atoms. The van der Waals surface area contributed by atoms with Crippen LogP contribution in [-0.4, -0.2) is 73.0 Å². The molecule has 9 heteroatoms. The number of nitrogens with one attached hydrogen (secondary N) is 2. The zero-order chi connectivity index (χ0) is 17.9. The Morgan fingerprint density at radius 1 is 1.38 bits per heavy atom. The van der Waals surface area contributed by atoms with Crippen molar-refractivity contribution in [3.63, 3.8) is 0 Å². The van der Waals surface area contributed by atoms with Gasteiger partial charge in [0.15, 0.2) is 0 Å². The average Bonchev–Trinajstić information content (AvgIpc) is 3.09. The molecule has 0 radical (unpaired) electrons. The number of aliphatic imine (C=N–C) groups is 2. The largest absolute Gasteiger partial charge is 0.378 e. The molecule has 1 aromatic rings. The van der Waals surface area contributed by atoms with Gasteiger partial charge in [0.05, 0.1) is 19.3 Å². The van der Waals surface area contributed by atoms with E-state index in [2.05, 4.69) is 20.5 Å². The van der Waals surface area contributed by atoms with Gasteiger partial charge in [0.2, 0.25) is 11.9 Å². The second-order valence-corrected chi connectivity index (χ2v) is 7.66. The van der Waals surface area contributed by atoms with Gasteiger partial charge in [-0.15, -0.1) is 11.3 Å². The van der Waals surface area contributed by atoms with Crippen molar-refractivity contribution in [1.82, 2.24) is 20.5 Å². The summed E-state index contributed by atoms with van der Waals surface area (Å²) in [5.74, 6) is 0.544. The molecule has 3 aliphatic rings. The summed E-state index contributed by atoms with van der Waals surface area (Å²) < 4.78 is 5.40. The number of amides is 1. The van der Waals surface area contributed by atoms with Crippen LogP contribution in [0.1, 0.15) is 29.5 Å². The smallest absolute Gasteiger partial charge is 0.244 e. The zero-order valence-electron chi connectivity index (χ0n) is 14.9. The first-order chi connectivity index (χ1) is 12.7. The lowest BCUT2D eigenvalue weighted by molar-refractivity contribution is -0.120. The van der Waals surface area contributed by atoms with Gasteiger partial charge in [-0.3, -0.25) is 15.1 Å². The van der Waals surface area contributed by atoms with Gasteiger partial charge in [0.1, 0.15) is 16.8 Å². The van der Waals surface area contributed by atoms with Crippen LogP contribution in [0.5, 0.6) is 0 Å². The summed E-state index contributed by atoms with van der Waals surface area (Å²) in [5, 5.41) is 9.05. The van der Waals surface area contributed by atoms with Gasteiger partial charge in [0, 0.05) is 30.7 Å². The maximum atomic E-state index is 12.9. The van der Waals surface area contributed by atoms with Crippen molar-refractivity contribution in [3.8, 4) is 0 Å². The third-order valence-corrected chi connectivity index (χ3v) is 5.78. The first-order valence-corrected chi connectivity index (χ1v) is 10.0. The van der Waals surface area contributed by atoms with Crippen molar-refractivity contribution in [1.29, 1.82) is 0 Å². The minimum absolute atomic E-state index is 0.0987. The van der Waals surface area contributed by atoms with Crippen LogP contribution >= 0.6 is 11.3 Å². The van der Waals surface area contributed by atoms with E-state index in [1.807, 2.05) is 12.3 Å². The Labute approximate surface area is 156 Å². The number of carbonyl (C=O) groups excluding carboxylic acids is 1. The molecule has 2 atom stereocenters. The predicted octanol–water partition coefficient (Wildman–Crippen LogP) is 0.504. The minimum Gasteiger partial charge on any atom is -0.378 e. The number of aryl methyl sites for hydroxylation is 1. The zero-order valence-corrected chi connectivity index (χ0v) is 15.7. The first kappa shape index (κ1) is 17.6. The number of aromatic nitrogens is 1. The van der Waals surface area contributed by atoms with E-state index in [0.717, 1.165) is 49.7 Å². The lowest BCUT2D eigenvalue weighted by Gasteiger charge is -2.33. The van der Waals surface area contributed by atoms with E-state index in [9.17, 15) is 4.79 Å². The Morgan fingerprint density at radius 3 is 2.92 bits per heavy atom. The van der Waals surface area contributed by atoms with E-state index in [1.165, 1.54) is 11.3 Å². The Balaban J connectivity index is 1.67. The number of carbonyl (C=O) groups is 1. The molecule has 2 saturated heterocycles. The quantitative estimate of drug-likeness (QED) is 0.785. The van der Waals surface area contributed by atoms with Crippen molar-refractivity contribution in [2.24, 2.45) is 9.98 Å². The molecule has 26 heavy (non-hydrogen) atoms. The fourth-order valence-corrected chi connectivity index (χ4v) is 4.28. The molecule has 4 heterocycles. The van der Waals surface area contributed by atoms with E-state index in [0.29, 0.717) is 25.0 Å². The third-order valence-electron chi connectivity index (χ3n) is 4.76. The van der Waals surface area contributed by atoms with Crippen LogP contribution in [0.15, 0.2) is 15.4 Å². The van der Waals surface area contributed by atoms with Crippen LogP contribution in [-0.2, 0) is 9.53 Å². The molecule has 0 aromatic carbocycles. The second-order valence-electron chi connectivity index (χ2n) is 6.77. The Morgan fingerprint density at radius 2 is 2.23 bits per heavy atom. The molecule has 3 aliphatic heterocycles. The fourth-order valence-electron chi connectivity index (χ4n) is 3.39. The van der Waals surface area contributed by atoms with Gasteiger partial charge in [-0.2, -0.15) is 4.99 Å². The van der Waals surface area contributed by atoms with E-state index in [1.54, 1.807) is 0 Å². The van der Waals surface area contributed by atoms with Gasteiger partial charge < -0.3 is 15.0 Å². The molecule has 140 valence electrons. The molecule has 4 rings (SSSR count). The number of rotatable bonds is 2. The average molecular weight is 376 g/mol. The van der Waals surface area contributed by atoms with Crippen molar-refractivity contribution in [2.75, 3.05) is 39.4 Å². The maximum Gasteiger partial charge on any atom is 0.244 e. The summed E-state index contributed by atoms with van der Waals surface area (Å²) >= 11 is 1.49. The first-order valence-electron chi connectivity index (χ1n) is 9.13. The number of nitrogens with zero attached hydrogens (tertiary/aromatic N) is 4. The second kappa shape index (κ2) is 7.81. The van der Waals surface area contributed by atoms with Crippen LogP contribution in [0.2, 0.25) is 0 Å². The van der Waals surface area contributed by atoms with Crippen molar-refractivity contribution in [3.05, 3.63) is 16.1 Å². The molecular formula is C17H24N6O2S. The minimum atomic E-state index is -0.527. The highest BCUT2D eigenvalue weighted by Crippen LogP contribution is 2.26. The molecule has 2 fully saturated rings. The molecule has 2 N–H and O–H groups in total. The van der Waals surface area contributed by atoms with E-state index >= 15 is 0 Å². The van der Waals surface area contributed by atoms with E-state index < -0.39 is 5.92 Å². The number of morpholine rings is 1. The molecule has 8 nitrogen and oxygen atoms in total. The lowest BCUT2D eigenvalue weighted by atomic mass is 10.0. The summed E-state index contributed by atoms with van der Waals surface area (Å²) in [7, 11) is 0. The lowest BCUT2D eigenvalue weighted by Crippen LogP contribution is -2.53. The van der Waals surface area contributed by atoms with Crippen molar-refractivity contribution < 1.29 is 9.53 Å². The molecule has 0 aliphatic carbocycles. The number of amidine groups is 1. The number of piperidine rings is 1. The molecule has 1 aromatic heterocycles. The highest BCUT2D eigenvalue weighted by molar-refractivity contribution is 7.10. The summed E-state index contributed by atoms with van der Waals surface area (Å²) in [4.78, 5) is 29.1. The molecule has 1 amide bonds. The van der Waals surface area contributed by atoms with Crippen LogP contribution in [0.3, 0.4) is 0 Å². The highest BCUT2D eigenvalue weighted by Gasteiger charge is 2.36. The summed E-state index contributed by atoms with van der Waals surface area (Å²) in [6.45, 7) is 6.52. The van der Waals surface area contributed by atoms with Gasteiger partial charge >= 0.3 is 0 Å². The topological polar surface area (TPSA) is 91.2 Å². The van der Waals surface area contributed by atoms with Gasteiger partial charge in [-0.1, -0.05) is 0 Å². The standard InChI is InChI=1S/C17H24N6O2S/c1-11-10-26-16(19-11)13-14(20-12-3-2-4-18-9-12)21-17(22-15(13)24)23-5-7-25-8-6-23/h10,12-13,18H,2-9H2,1H3,(H,20,21,22,24)/t12-,13?/m1/s1. The van der Waals surface area contributed by atoms with Crippen LogP contribution < -0.4 is 10.6 Å². The number of thiazole rings is 1. The van der Waals surface area contributed by atoms with E-state index in [-0.39, 0.29) is 11.9 Å². The SMILES string of the molecule is Cc1csc(C2C(=O)NC(N3CCOCC3)=NC2=N[C@@H]2CCCNC2)n1. The molecule has 0 saturated carbocycles. The van der Waals surface area contributed by atoms with Crippen molar-refractivity contribution >= 4 is 29.0 Å². The number of guanidine groups is 1. The van der Waals surface area contributed by atoms with Crippen LogP contribution in [0.25, 0.3) is 0 Å². The molecule has 1 unspecified atom stereocenters. The van der Waals surface area contributed by atoms with E-state index in [4.69, 9.17) is 14.7 Å². The highest BCUT2D eigenvalue weighted by atomic mass is 32.1. The number of hydrogen-bond acceptors (Lipinski definition) is 7. The number of ether oxygens (including phenoxy) is 1. The summed E-state index contributed by atoms with van der Waals surface area (Å²) in [6, 6.07) is 0.155. The monoisotopic (exact) mass is 376 g/mol. The summed E-state index contributed by atoms with van der Waals surface area (Å²) in [5.41, 5.74) is 0.916. The molecular weight excluding hydrogens is 352 g/mol. The normalized spacial score (nSPS) is 28.8. The van der Waals surface area contributed by atoms with Crippen LogP contribution in [0, 0.1) is 6.92 Å². The van der Waals surface area contributed by atoms with Crippen LogP contribution in [0.4, 0.5) is 0 Å². The maximum absolute atomic E-state index is 12.9. The van der Waals surface area contributed by atoms with Gasteiger partial charge in [0.25, 0.3) is 0 Å². The number of hydrogen-bond donors (Lipinski definition) is 2. The van der Waals surface area contributed by atoms with Crippen molar-refractivity contribution in [2.45, 2.75) is 31.7 Å².